The third kappa shape index (κ3) is 3.36. The van der Waals surface area contributed by atoms with E-state index in [-0.39, 0.29) is 17.6 Å². The van der Waals surface area contributed by atoms with E-state index in [1.54, 1.807) is 17.0 Å². The topological polar surface area (TPSA) is 69.6 Å². The number of nitrogens with one attached hydrogen (secondary N) is 1. The van der Waals surface area contributed by atoms with Gasteiger partial charge in [0.2, 0.25) is 5.91 Å². The molecule has 3 rings (SSSR count). The first-order valence-electron chi connectivity index (χ1n) is 8.49. The fraction of sp³-hybridized carbons (Fsp3) is 0.300. The van der Waals surface area contributed by atoms with Gasteiger partial charge in [0.15, 0.2) is 0 Å². The smallest absolute Gasteiger partial charge is 0.251 e. The van der Waals surface area contributed by atoms with Crippen LogP contribution in [0.5, 0.6) is 5.75 Å². The summed E-state index contributed by atoms with van der Waals surface area (Å²) >= 11 is 0. The number of nitrogens with zero attached hydrogens (tertiary/aromatic N) is 1. The molecule has 0 aromatic heterocycles. The highest BCUT2D eigenvalue weighted by molar-refractivity contribution is 6.00. The average molecular weight is 338 g/mol. The maximum absolute atomic E-state index is 13.0. The SMILES string of the molecule is CCc1cccc(C)c1NC(=O)[C@@H](c1ccc(O)cc1)N1CCC1=O. The van der Waals surface area contributed by atoms with E-state index >= 15 is 0 Å². The summed E-state index contributed by atoms with van der Waals surface area (Å²) in [5.41, 5.74) is 3.56. The van der Waals surface area contributed by atoms with Crippen molar-refractivity contribution < 1.29 is 14.7 Å². The number of β-lactam (4-membered cyclic amide) rings is 1. The first kappa shape index (κ1) is 17.0. The summed E-state index contributed by atoms with van der Waals surface area (Å²) < 4.78 is 0. The summed E-state index contributed by atoms with van der Waals surface area (Å²) in [7, 11) is 0. The summed E-state index contributed by atoms with van der Waals surface area (Å²) in [6, 6.07) is 11.7. The number of anilines is 1. The standard InChI is InChI=1S/C20H22N2O3/c1-3-14-6-4-5-13(2)18(14)21-20(25)19(22-12-11-17(22)24)15-7-9-16(23)10-8-15/h4-10,19,23H,3,11-12H2,1-2H3,(H,21,25)/t19-/m1/s1. The molecule has 0 unspecified atom stereocenters. The molecule has 25 heavy (non-hydrogen) atoms. The van der Waals surface area contributed by atoms with Crippen LogP contribution in [-0.2, 0) is 16.0 Å². The van der Waals surface area contributed by atoms with Crippen molar-refractivity contribution in [3.05, 3.63) is 59.2 Å². The Morgan fingerprint density at radius 2 is 1.96 bits per heavy atom. The van der Waals surface area contributed by atoms with Gasteiger partial charge in [-0.15, -0.1) is 0 Å². The lowest BCUT2D eigenvalue weighted by atomic mass is 9.99. The van der Waals surface area contributed by atoms with E-state index in [2.05, 4.69) is 5.32 Å². The molecule has 1 aliphatic rings. The summed E-state index contributed by atoms with van der Waals surface area (Å²) in [6.45, 7) is 4.56. The summed E-state index contributed by atoms with van der Waals surface area (Å²) in [5.74, 6) is -0.138. The molecule has 2 aromatic rings. The van der Waals surface area contributed by atoms with E-state index < -0.39 is 6.04 Å². The maximum Gasteiger partial charge on any atom is 0.251 e. The first-order chi connectivity index (χ1) is 12.0. The molecule has 2 amide bonds. The Labute approximate surface area is 147 Å². The lowest BCUT2D eigenvalue weighted by molar-refractivity contribution is -0.147. The molecule has 1 heterocycles. The number of carbonyl (C=O) groups is 2. The molecule has 1 aliphatic heterocycles. The molecule has 2 aromatic carbocycles. The number of benzene rings is 2. The van der Waals surface area contributed by atoms with Gasteiger partial charge in [-0.05, 0) is 42.2 Å². The molecule has 0 spiro atoms. The van der Waals surface area contributed by atoms with Crippen LogP contribution in [0.25, 0.3) is 0 Å². The van der Waals surface area contributed by atoms with Gasteiger partial charge < -0.3 is 15.3 Å². The Balaban J connectivity index is 1.92. The number of hydrogen-bond donors (Lipinski definition) is 2. The number of likely N-dealkylation sites (tertiary alicyclic amines) is 1. The molecule has 0 aliphatic carbocycles. The van der Waals surface area contributed by atoms with Crippen molar-refractivity contribution in [2.75, 3.05) is 11.9 Å². The van der Waals surface area contributed by atoms with Crippen molar-refractivity contribution in [3.63, 3.8) is 0 Å². The number of aromatic hydroxyl groups is 1. The van der Waals surface area contributed by atoms with Crippen molar-refractivity contribution >= 4 is 17.5 Å². The van der Waals surface area contributed by atoms with E-state index in [1.165, 1.54) is 12.1 Å². The second kappa shape index (κ2) is 6.97. The average Bonchev–Trinajstić information content (AvgIpc) is 2.60. The van der Waals surface area contributed by atoms with Crippen molar-refractivity contribution in [2.24, 2.45) is 0 Å². The Bertz CT molecular complexity index is 799. The highest BCUT2D eigenvalue weighted by Gasteiger charge is 2.37. The Morgan fingerprint density at radius 1 is 1.24 bits per heavy atom. The van der Waals surface area contributed by atoms with Crippen LogP contribution in [0.1, 0.15) is 36.1 Å². The molecular weight excluding hydrogens is 316 g/mol. The molecule has 5 heteroatoms. The summed E-state index contributed by atoms with van der Waals surface area (Å²) in [5, 5.41) is 12.5. The molecule has 1 atom stereocenters. The van der Waals surface area contributed by atoms with Gasteiger partial charge in [0.05, 0.1) is 0 Å². The van der Waals surface area contributed by atoms with Gasteiger partial charge in [0.1, 0.15) is 11.8 Å². The number of carbonyl (C=O) groups excluding carboxylic acids is 2. The predicted octanol–water partition coefficient (Wildman–Crippen LogP) is 3.18. The molecule has 1 saturated heterocycles. The molecular formula is C20H22N2O3. The third-order valence-corrected chi connectivity index (χ3v) is 4.64. The number of aryl methyl sites for hydroxylation is 2. The van der Waals surface area contributed by atoms with E-state index in [9.17, 15) is 14.7 Å². The minimum absolute atomic E-state index is 0.0336. The minimum Gasteiger partial charge on any atom is -0.508 e. The molecule has 5 nitrogen and oxygen atoms in total. The van der Waals surface area contributed by atoms with Gasteiger partial charge >= 0.3 is 0 Å². The van der Waals surface area contributed by atoms with Crippen LogP contribution in [0.4, 0.5) is 5.69 Å². The number of phenols is 1. The van der Waals surface area contributed by atoms with Gasteiger partial charge in [-0.25, -0.2) is 0 Å². The van der Waals surface area contributed by atoms with E-state index in [0.717, 1.165) is 23.2 Å². The zero-order valence-electron chi connectivity index (χ0n) is 14.5. The molecule has 0 saturated carbocycles. The van der Waals surface area contributed by atoms with Crippen LogP contribution in [0, 0.1) is 6.92 Å². The van der Waals surface area contributed by atoms with Crippen molar-refractivity contribution in [2.45, 2.75) is 32.7 Å². The Morgan fingerprint density at radius 3 is 2.52 bits per heavy atom. The van der Waals surface area contributed by atoms with Crippen molar-refractivity contribution in [3.8, 4) is 5.75 Å². The van der Waals surface area contributed by atoms with Crippen LogP contribution in [0.3, 0.4) is 0 Å². The van der Waals surface area contributed by atoms with Gasteiger partial charge in [0, 0.05) is 18.7 Å². The fourth-order valence-electron chi connectivity index (χ4n) is 3.13. The Hall–Kier alpha value is -2.82. The molecule has 1 fully saturated rings. The summed E-state index contributed by atoms with van der Waals surface area (Å²) in [6.07, 6.45) is 1.27. The lowest BCUT2D eigenvalue weighted by Crippen LogP contribution is -2.49. The van der Waals surface area contributed by atoms with Gasteiger partial charge in [-0.1, -0.05) is 37.3 Å². The third-order valence-electron chi connectivity index (χ3n) is 4.64. The zero-order valence-corrected chi connectivity index (χ0v) is 14.5. The van der Waals surface area contributed by atoms with Gasteiger partial charge in [-0.3, -0.25) is 9.59 Å². The number of para-hydroxylation sites is 1. The van der Waals surface area contributed by atoms with Crippen LogP contribution in [0.15, 0.2) is 42.5 Å². The fourth-order valence-corrected chi connectivity index (χ4v) is 3.13. The summed E-state index contributed by atoms with van der Waals surface area (Å²) in [4.78, 5) is 26.6. The second-order valence-electron chi connectivity index (χ2n) is 6.28. The number of rotatable bonds is 5. The zero-order chi connectivity index (χ0) is 18.0. The van der Waals surface area contributed by atoms with Crippen LogP contribution >= 0.6 is 0 Å². The highest BCUT2D eigenvalue weighted by Crippen LogP contribution is 2.30. The largest absolute Gasteiger partial charge is 0.508 e. The Kier molecular flexibility index (Phi) is 4.74. The number of amides is 2. The molecule has 0 radical (unpaired) electrons. The van der Waals surface area contributed by atoms with Crippen LogP contribution in [-0.4, -0.2) is 28.4 Å². The predicted molar refractivity (Wildman–Crippen MR) is 96.4 cm³/mol. The number of phenolic OH excluding ortho intramolecular Hbond substituents is 1. The lowest BCUT2D eigenvalue weighted by Gasteiger charge is -2.37. The van der Waals surface area contributed by atoms with Gasteiger partial charge in [0.25, 0.3) is 5.91 Å². The van der Waals surface area contributed by atoms with Crippen LogP contribution < -0.4 is 5.32 Å². The highest BCUT2D eigenvalue weighted by atomic mass is 16.3. The first-order valence-corrected chi connectivity index (χ1v) is 8.49. The minimum atomic E-state index is -0.689. The van der Waals surface area contributed by atoms with Crippen molar-refractivity contribution in [1.29, 1.82) is 0 Å². The molecule has 2 N–H and O–H groups in total. The normalized spacial score (nSPS) is 14.8. The van der Waals surface area contributed by atoms with Gasteiger partial charge in [-0.2, -0.15) is 0 Å². The molecule has 130 valence electrons. The van der Waals surface area contributed by atoms with Crippen molar-refractivity contribution in [1.82, 2.24) is 4.90 Å². The monoisotopic (exact) mass is 338 g/mol. The van der Waals surface area contributed by atoms with E-state index in [4.69, 9.17) is 0 Å². The molecule has 0 bridgehead atoms. The number of hydrogen-bond acceptors (Lipinski definition) is 3. The van der Waals surface area contributed by atoms with E-state index in [0.29, 0.717) is 18.5 Å². The van der Waals surface area contributed by atoms with Crippen LogP contribution in [0.2, 0.25) is 0 Å². The quantitative estimate of drug-likeness (QED) is 0.823. The maximum atomic E-state index is 13.0. The second-order valence-corrected chi connectivity index (χ2v) is 6.28. The van der Waals surface area contributed by atoms with E-state index in [1.807, 2.05) is 32.0 Å².